The Morgan fingerprint density at radius 3 is 2.63 bits per heavy atom. The molecule has 2 atom stereocenters. The summed E-state index contributed by atoms with van der Waals surface area (Å²) in [6, 6.07) is 17.6. The van der Waals surface area contributed by atoms with Gasteiger partial charge in [0.2, 0.25) is 0 Å². The molecule has 2 N–H and O–H groups in total. The van der Waals surface area contributed by atoms with Crippen LogP contribution in [0.2, 0.25) is 0 Å². The summed E-state index contributed by atoms with van der Waals surface area (Å²) in [6.07, 6.45) is 0.697. The van der Waals surface area contributed by atoms with Crippen LogP contribution in [0.4, 0.5) is 11.4 Å². The van der Waals surface area contributed by atoms with Gasteiger partial charge in [-0.15, -0.1) is 0 Å². The molecule has 1 aliphatic heterocycles. The Hall–Kier alpha value is -3.04. The number of para-hydroxylation sites is 1. The van der Waals surface area contributed by atoms with Gasteiger partial charge in [0.1, 0.15) is 11.8 Å². The van der Waals surface area contributed by atoms with Crippen LogP contribution in [0.1, 0.15) is 50.7 Å². The van der Waals surface area contributed by atoms with E-state index in [9.17, 15) is 9.90 Å². The second-order valence-electron chi connectivity index (χ2n) is 8.14. The van der Waals surface area contributed by atoms with E-state index in [1.165, 1.54) is 0 Å². The average Bonchev–Trinajstić information content (AvgIpc) is 2.73. The van der Waals surface area contributed by atoms with Gasteiger partial charge in [0.05, 0.1) is 24.7 Å². The van der Waals surface area contributed by atoms with Crippen molar-refractivity contribution in [1.82, 2.24) is 0 Å². The maximum Gasteiger partial charge on any atom is 0.303 e. The van der Waals surface area contributed by atoms with Crippen LogP contribution in [-0.4, -0.2) is 36.0 Å². The second-order valence-corrected chi connectivity index (χ2v) is 8.14. The highest BCUT2D eigenvalue weighted by Crippen LogP contribution is 2.37. The molecule has 0 amide bonds. The number of hydrogen-bond acceptors (Lipinski definition) is 5. The van der Waals surface area contributed by atoms with E-state index in [0.29, 0.717) is 18.7 Å². The molecule has 0 bridgehead atoms. The first-order chi connectivity index (χ1) is 14.4. The van der Waals surface area contributed by atoms with Gasteiger partial charge in [-0.25, -0.2) is 0 Å². The molecule has 6 heteroatoms. The lowest BCUT2D eigenvalue weighted by atomic mass is 9.90. The van der Waals surface area contributed by atoms with Gasteiger partial charge in [-0.05, 0) is 62.1 Å². The number of carboxylic acid groups (broad SMARTS) is 1. The summed E-state index contributed by atoms with van der Waals surface area (Å²) < 4.78 is 6.09. The van der Waals surface area contributed by atoms with E-state index in [2.05, 4.69) is 36.2 Å². The van der Waals surface area contributed by atoms with Gasteiger partial charge in [0.15, 0.2) is 0 Å². The Labute approximate surface area is 178 Å². The lowest BCUT2D eigenvalue weighted by molar-refractivity contribution is -0.137. The molecular formula is C24H29N3O3. The van der Waals surface area contributed by atoms with Crippen molar-refractivity contribution in [2.75, 3.05) is 23.4 Å². The maximum atomic E-state index is 11.4. The van der Waals surface area contributed by atoms with Crippen molar-refractivity contribution in [1.29, 1.82) is 5.26 Å². The van der Waals surface area contributed by atoms with Crippen LogP contribution in [0.3, 0.4) is 0 Å². The van der Waals surface area contributed by atoms with Crippen LogP contribution in [0.5, 0.6) is 0 Å². The number of ether oxygens (including phenoxy) is 1. The Bertz CT molecular complexity index is 918. The van der Waals surface area contributed by atoms with Crippen LogP contribution in [0, 0.1) is 11.3 Å². The number of morpholine rings is 1. The van der Waals surface area contributed by atoms with Crippen molar-refractivity contribution in [3.8, 4) is 6.07 Å². The maximum absolute atomic E-state index is 11.4. The second kappa shape index (κ2) is 9.19. The molecule has 30 heavy (non-hydrogen) atoms. The van der Waals surface area contributed by atoms with E-state index >= 15 is 0 Å². The number of hydrogen-bond donors (Lipinski definition) is 2. The smallest absolute Gasteiger partial charge is 0.303 e. The average molecular weight is 408 g/mol. The molecule has 3 rings (SSSR count). The minimum atomic E-state index is -0.786. The predicted octanol–water partition coefficient (Wildman–Crippen LogP) is 4.58. The van der Waals surface area contributed by atoms with Gasteiger partial charge in [0.25, 0.3) is 0 Å². The monoisotopic (exact) mass is 407 g/mol. The topological polar surface area (TPSA) is 85.6 Å². The highest BCUT2D eigenvalue weighted by atomic mass is 16.5. The predicted molar refractivity (Wildman–Crippen MR) is 118 cm³/mol. The fourth-order valence-electron chi connectivity index (χ4n) is 4.08. The summed E-state index contributed by atoms with van der Waals surface area (Å²) in [5, 5.41) is 22.0. The van der Waals surface area contributed by atoms with E-state index in [4.69, 9.17) is 10.00 Å². The number of carboxylic acids is 1. The number of nitrogens with zero attached hydrogens (tertiary/aromatic N) is 2. The van der Waals surface area contributed by atoms with Crippen LogP contribution in [0.25, 0.3) is 0 Å². The lowest BCUT2D eigenvalue weighted by Gasteiger charge is -2.48. The van der Waals surface area contributed by atoms with E-state index in [0.717, 1.165) is 23.4 Å². The largest absolute Gasteiger partial charge is 0.481 e. The van der Waals surface area contributed by atoms with Crippen molar-refractivity contribution in [2.45, 2.75) is 51.3 Å². The van der Waals surface area contributed by atoms with Crippen LogP contribution in [-0.2, 0) is 9.53 Å². The standard InChI is InChI=1S/C24H29N3O3/c1-4-18(15-22(28)29)20-7-5-6-8-21(20)27-13-14-30-24(2,3)23(27)26-19-11-9-17(16-25)10-12-19/h5-12,18,23,26H,4,13-15H2,1-3H3,(H,28,29). The normalized spacial score (nSPS) is 19.0. The first-order valence-corrected chi connectivity index (χ1v) is 10.3. The number of benzene rings is 2. The fourth-order valence-corrected chi connectivity index (χ4v) is 4.08. The number of anilines is 2. The number of nitriles is 1. The van der Waals surface area contributed by atoms with Gasteiger partial charge in [0, 0.05) is 17.9 Å². The molecular weight excluding hydrogens is 378 g/mol. The third-order valence-corrected chi connectivity index (χ3v) is 5.69. The zero-order chi connectivity index (χ0) is 21.7. The molecule has 2 aromatic rings. The third kappa shape index (κ3) is 4.74. The first kappa shape index (κ1) is 21.7. The molecule has 1 aliphatic rings. The van der Waals surface area contributed by atoms with Gasteiger partial charge in [-0.3, -0.25) is 4.79 Å². The summed E-state index contributed by atoms with van der Waals surface area (Å²) in [6.45, 7) is 7.41. The Balaban J connectivity index is 1.98. The molecule has 0 aromatic heterocycles. The van der Waals surface area contributed by atoms with Crippen molar-refractivity contribution < 1.29 is 14.6 Å². The molecule has 158 valence electrons. The van der Waals surface area contributed by atoms with Gasteiger partial charge in [-0.1, -0.05) is 25.1 Å². The lowest BCUT2D eigenvalue weighted by Crippen LogP contribution is -2.61. The molecule has 6 nitrogen and oxygen atoms in total. The van der Waals surface area contributed by atoms with Crippen LogP contribution < -0.4 is 10.2 Å². The first-order valence-electron chi connectivity index (χ1n) is 10.3. The number of aliphatic carboxylic acids is 1. The number of carbonyl (C=O) groups is 1. The van der Waals surface area contributed by atoms with E-state index < -0.39 is 11.6 Å². The van der Waals surface area contributed by atoms with Crippen molar-refractivity contribution >= 4 is 17.3 Å². The summed E-state index contributed by atoms with van der Waals surface area (Å²) in [5.41, 5.74) is 3.12. The quantitative estimate of drug-likeness (QED) is 0.699. The molecule has 0 radical (unpaired) electrons. The SMILES string of the molecule is CCC(CC(=O)O)c1ccccc1N1CCOC(C)(C)C1Nc1ccc(C#N)cc1. The van der Waals surface area contributed by atoms with Crippen molar-refractivity contribution in [2.24, 2.45) is 0 Å². The summed E-state index contributed by atoms with van der Waals surface area (Å²) in [4.78, 5) is 13.7. The van der Waals surface area contributed by atoms with Gasteiger partial charge < -0.3 is 20.1 Å². The van der Waals surface area contributed by atoms with Gasteiger partial charge >= 0.3 is 5.97 Å². The minimum Gasteiger partial charge on any atom is -0.481 e. The zero-order valence-corrected chi connectivity index (χ0v) is 17.8. The molecule has 2 aromatic carbocycles. The fraction of sp³-hybridized carbons (Fsp3) is 0.417. The van der Waals surface area contributed by atoms with Crippen molar-refractivity contribution in [3.05, 3.63) is 59.7 Å². The van der Waals surface area contributed by atoms with E-state index in [1.54, 1.807) is 12.1 Å². The Kier molecular flexibility index (Phi) is 6.63. The molecule has 0 aliphatic carbocycles. The summed E-state index contributed by atoms with van der Waals surface area (Å²) in [5.74, 6) is -0.841. The molecule has 1 heterocycles. The minimum absolute atomic E-state index is 0.0554. The third-order valence-electron chi connectivity index (χ3n) is 5.69. The molecule has 2 unspecified atom stereocenters. The zero-order valence-electron chi connectivity index (χ0n) is 17.8. The summed E-state index contributed by atoms with van der Waals surface area (Å²) in [7, 11) is 0. The van der Waals surface area contributed by atoms with E-state index in [1.807, 2.05) is 37.3 Å². The van der Waals surface area contributed by atoms with Gasteiger partial charge in [-0.2, -0.15) is 5.26 Å². The number of nitrogens with one attached hydrogen (secondary N) is 1. The molecule has 1 saturated heterocycles. The molecule has 1 fully saturated rings. The van der Waals surface area contributed by atoms with Crippen LogP contribution >= 0.6 is 0 Å². The Morgan fingerprint density at radius 1 is 1.30 bits per heavy atom. The highest BCUT2D eigenvalue weighted by molar-refractivity contribution is 5.69. The highest BCUT2D eigenvalue weighted by Gasteiger charge is 2.40. The molecule has 0 spiro atoms. The molecule has 0 saturated carbocycles. The Morgan fingerprint density at radius 2 is 2.00 bits per heavy atom. The van der Waals surface area contributed by atoms with Crippen LogP contribution in [0.15, 0.2) is 48.5 Å². The van der Waals surface area contributed by atoms with Crippen molar-refractivity contribution in [3.63, 3.8) is 0 Å². The number of rotatable bonds is 7. The summed E-state index contributed by atoms with van der Waals surface area (Å²) >= 11 is 0. The van der Waals surface area contributed by atoms with E-state index in [-0.39, 0.29) is 18.5 Å².